The van der Waals surface area contributed by atoms with E-state index in [9.17, 15) is 0 Å². The molecule has 0 aliphatic rings. The molecule has 3 heteroatoms. The van der Waals surface area contributed by atoms with Crippen molar-refractivity contribution in [1.82, 2.24) is 0 Å². The molecule has 0 fully saturated rings. The molecule has 0 aliphatic heterocycles. The zero-order valence-corrected chi connectivity index (χ0v) is 6.29. The molecule has 0 saturated carbocycles. The maximum Gasteiger partial charge on any atom is 0.468 e. The predicted octanol–water partition coefficient (Wildman–Crippen LogP) is 0.614. The third-order valence-electron chi connectivity index (χ3n) is 0.189. The van der Waals surface area contributed by atoms with Crippen molar-refractivity contribution in [3.8, 4) is 0 Å². The van der Waals surface area contributed by atoms with E-state index in [1.165, 1.54) is 4.55 Å². The number of rotatable bonds is 1. The molecule has 0 amide bonds. The average molecular weight is 151 g/mol. The second-order valence-electron chi connectivity index (χ2n) is 0.689. The van der Waals surface area contributed by atoms with Gasteiger partial charge < -0.3 is 18.4 Å². The minimum Gasteiger partial charge on any atom is -0.412 e. The summed E-state index contributed by atoms with van der Waals surface area (Å²) >= 11 is 3.62. The normalized spacial score (nSPS) is 4.40. The summed E-state index contributed by atoms with van der Waals surface area (Å²) in [7, 11) is 0. The van der Waals surface area contributed by atoms with Crippen LogP contribution in [-0.4, -0.2) is 23.7 Å². The molecule has 0 radical (unpaired) electrons. The van der Waals surface area contributed by atoms with Gasteiger partial charge in [0.1, 0.15) is 0 Å². The van der Waals surface area contributed by atoms with Gasteiger partial charge in [0.05, 0.1) is 0 Å². The quantitative estimate of drug-likeness (QED) is 0.492. The monoisotopic (exact) mass is 150 g/mol. The summed E-state index contributed by atoms with van der Waals surface area (Å²) < 4.78 is 1.38. The van der Waals surface area contributed by atoms with Crippen LogP contribution in [0.2, 0.25) is 4.55 Å². The van der Waals surface area contributed by atoms with Gasteiger partial charge in [-0.25, -0.2) is 0 Å². The first-order valence-electron chi connectivity index (χ1n) is 1.47. The van der Waals surface area contributed by atoms with Gasteiger partial charge >= 0.3 is 18.2 Å². The van der Waals surface area contributed by atoms with E-state index in [0.717, 1.165) is 0 Å². The second-order valence-corrected chi connectivity index (χ2v) is 4.45. The molecule has 0 spiro atoms. The molecule has 0 bridgehead atoms. The molecular weight excluding hydrogens is 144 g/mol. The van der Waals surface area contributed by atoms with Crippen molar-refractivity contribution in [2.24, 2.45) is 0 Å². The molecule has 5 heavy (non-hydrogen) atoms. The first-order valence-corrected chi connectivity index (χ1v) is 6.37. The van der Waals surface area contributed by atoms with Gasteiger partial charge in [0.2, 0.25) is 0 Å². The summed E-state index contributed by atoms with van der Waals surface area (Å²) in [5.41, 5.74) is 0. The number of halogens is 1. The van der Waals surface area contributed by atoms with Crippen LogP contribution in [0.1, 0.15) is 6.92 Å². The Kier molecular flexibility index (Phi) is 17.0. The molecule has 0 aromatic rings. The molecule has 0 atom stereocenters. The molecule has 30 valence electrons. The SMILES string of the molecule is C[CH2][Mg][Br].O. The average Bonchev–Trinajstić information content (AvgIpc) is 1.37. The maximum absolute atomic E-state index is 3.39. The first kappa shape index (κ1) is 9.51. The number of hydrogen-bond acceptors (Lipinski definition) is 0. The lowest BCUT2D eigenvalue weighted by Crippen LogP contribution is -1.60. The second kappa shape index (κ2) is 8.96. The van der Waals surface area contributed by atoms with Gasteiger partial charge in [-0.15, -0.1) is 4.55 Å². The summed E-state index contributed by atoms with van der Waals surface area (Å²) in [4.78, 5) is 0. The summed E-state index contributed by atoms with van der Waals surface area (Å²) in [6.45, 7) is 2.20. The van der Waals surface area contributed by atoms with Gasteiger partial charge in [-0.3, -0.25) is 0 Å². The fraction of sp³-hybridized carbons (Fsp3) is 1.00. The highest BCUT2D eigenvalue weighted by Gasteiger charge is 1.73. The van der Waals surface area contributed by atoms with E-state index in [2.05, 4.69) is 19.8 Å². The van der Waals surface area contributed by atoms with E-state index < -0.39 is 0 Å². The Labute approximate surface area is 48.0 Å². The highest BCUT2D eigenvalue weighted by Crippen LogP contribution is 1.77. The summed E-state index contributed by atoms with van der Waals surface area (Å²) in [6.07, 6.45) is 0. The number of hydrogen-bond donors (Lipinski definition) is 0. The molecule has 0 rings (SSSR count). The molecule has 0 aromatic carbocycles. The van der Waals surface area contributed by atoms with Crippen LogP contribution < -0.4 is 0 Å². The first-order chi connectivity index (χ1) is 1.91. The van der Waals surface area contributed by atoms with Crippen LogP contribution >= 0.6 is 12.9 Å². The van der Waals surface area contributed by atoms with E-state index in [4.69, 9.17) is 0 Å². The Morgan fingerprint density at radius 1 is 1.80 bits per heavy atom. The maximum atomic E-state index is 3.39. The minimum absolute atomic E-state index is 0. The predicted molar refractivity (Wildman–Crippen MR) is 28.8 cm³/mol. The van der Waals surface area contributed by atoms with Crippen molar-refractivity contribution in [2.45, 2.75) is 11.5 Å². The molecule has 0 unspecified atom stereocenters. The minimum atomic E-state index is 0. The Morgan fingerprint density at radius 3 is 2.00 bits per heavy atom. The molecule has 1 nitrogen and oxygen atoms in total. The van der Waals surface area contributed by atoms with E-state index >= 15 is 0 Å². The summed E-state index contributed by atoms with van der Waals surface area (Å²) in [5.74, 6) is 0. The van der Waals surface area contributed by atoms with Crippen LogP contribution in [0.25, 0.3) is 0 Å². The van der Waals surface area contributed by atoms with Crippen molar-refractivity contribution in [1.29, 1.82) is 0 Å². The summed E-state index contributed by atoms with van der Waals surface area (Å²) in [6, 6.07) is 0. The summed E-state index contributed by atoms with van der Waals surface area (Å²) in [5, 5.41) is 0. The van der Waals surface area contributed by atoms with Crippen molar-refractivity contribution in [3.63, 3.8) is 0 Å². The Hall–Kier alpha value is 1.21. The Balaban J connectivity index is 0. The Morgan fingerprint density at radius 2 is 2.00 bits per heavy atom. The topological polar surface area (TPSA) is 31.5 Å². The van der Waals surface area contributed by atoms with Crippen molar-refractivity contribution < 1.29 is 5.48 Å². The standard InChI is InChI=1S/C2H5.BrH.Mg.H2O/c1-2;;;/h1H2,2H3;1H;;1H2/q;;+1;/p-1. The molecule has 2 N–H and O–H groups in total. The van der Waals surface area contributed by atoms with Crippen LogP contribution in [-0.2, 0) is 0 Å². The van der Waals surface area contributed by atoms with Gasteiger partial charge in [0, 0.05) is 0 Å². The highest BCUT2D eigenvalue weighted by molar-refractivity contribution is 9.23. The third kappa shape index (κ3) is 11.0. The molecule has 0 saturated heterocycles. The fourth-order valence-electron chi connectivity index (χ4n) is 0. The van der Waals surface area contributed by atoms with E-state index in [-0.39, 0.29) is 23.7 Å². The highest BCUT2D eigenvalue weighted by atomic mass is 79.9. The van der Waals surface area contributed by atoms with Crippen LogP contribution in [0.3, 0.4) is 0 Å². The van der Waals surface area contributed by atoms with Crippen molar-refractivity contribution >= 4 is 31.1 Å². The van der Waals surface area contributed by atoms with E-state index in [1.807, 2.05) is 0 Å². The van der Waals surface area contributed by atoms with E-state index in [0.29, 0.717) is 0 Å². The van der Waals surface area contributed by atoms with Crippen molar-refractivity contribution in [3.05, 3.63) is 0 Å². The lowest BCUT2D eigenvalue weighted by atomic mass is 11.0. The van der Waals surface area contributed by atoms with Crippen LogP contribution in [0.4, 0.5) is 0 Å². The zero-order chi connectivity index (χ0) is 3.41. The zero-order valence-electron chi connectivity index (χ0n) is 3.29. The molecule has 0 aliphatic carbocycles. The molecular formula is C2H7BrMgO. The largest absolute Gasteiger partial charge is 0.468 e. The van der Waals surface area contributed by atoms with E-state index in [1.54, 1.807) is 0 Å². The molecule has 0 aromatic heterocycles. The van der Waals surface area contributed by atoms with Crippen LogP contribution in [0, 0.1) is 0 Å². The van der Waals surface area contributed by atoms with Gasteiger partial charge in [0.25, 0.3) is 0 Å². The van der Waals surface area contributed by atoms with Gasteiger partial charge in [-0.1, -0.05) is 6.92 Å². The van der Waals surface area contributed by atoms with Crippen LogP contribution in [0.5, 0.6) is 0 Å². The van der Waals surface area contributed by atoms with Crippen LogP contribution in [0.15, 0.2) is 0 Å². The lowest BCUT2D eigenvalue weighted by molar-refractivity contribution is 0.824. The molecule has 0 heterocycles. The third-order valence-corrected chi connectivity index (χ3v) is 2.95. The van der Waals surface area contributed by atoms with Gasteiger partial charge in [-0.2, -0.15) is 0 Å². The Bertz CT molecular complexity index is 11.6. The van der Waals surface area contributed by atoms with Gasteiger partial charge in [0.15, 0.2) is 0 Å². The van der Waals surface area contributed by atoms with Gasteiger partial charge in [-0.05, 0) is 0 Å². The smallest absolute Gasteiger partial charge is 0.412 e. The fourth-order valence-corrected chi connectivity index (χ4v) is 0. The lowest BCUT2D eigenvalue weighted by Gasteiger charge is -1.59. The van der Waals surface area contributed by atoms with Crippen molar-refractivity contribution in [2.75, 3.05) is 0 Å².